The van der Waals surface area contributed by atoms with Crippen molar-refractivity contribution in [3.8, 4) is 0 Å². The first-order valence-corrected chi connectivity index (χ1v) is 7.22. The van der Waals surface area contributed by atoms with E-state index in [4.69, 9.17) is 0 Å². The summed E-state index contributed by atoms with van der Waals surface area (Å²) in [4.78, 5) is 0. The standard InChI is InChI=1S/C17H25N/c1-4-14(12-18-17-9-10-17)11-15-5-7-16(8-6-15)13(2)3/h5-8,11,13,17-18H,4,9-10,12H2,1-3H3. The highest BCUT2D eigenvalue weighted by molar-refractivity contribution is 5.53. The summed E-state index contributed by atoms with van der Waals surface area (Å²) in [6.07, 6.45) is 6.19. The molecular weight excluding hydrogens is 218 g/mol. The van der Waals surface area contributed by atoms with Crippen molar-refractivity contribution in [2.45, 2.75) is 52.0 Å². The molecule has 1 aliphatic carbocycles. The van der Waals surface area contributed by atoms with Crippen molar-refractivity contribution in [1.29, 1.82) is 0 Å². The molecule has 1 saturated carbocycles. The molecule has 1 fully saturated rings. The minimum Gasteiger partial charge on any atom is -0.310 e. The lowest BCUT2D eigenvalue weighted by atomic mass is 10.0. The third kappa shape index (κ3) is 3.99. The molecule has 0 spiro atoms. The summed E-state index contributed by atoms with van der Waals surface area (Å²) < 4.78 is 0. The molecule has 1 N–H and O–H groups in total. The molecule has 0 bridgehead atoms. The Hall–Kier alpha value is -1.08. The van der Waals surface area contributed by atoms with Crippen LogP contribution in [0.1, 0.15) is 57.1 Å². The predicted molar refractivity (Wildman–Crippen MR) is 79.8 cm³/mol. The van der Waals surface area contributed by atoms with E-state index >= 15 is 0 Å². The van der Waals surface area contributed by atoms with E-state index in [2.05, 4.69) is 56.4 Å². The van der Waals surface area contributed by atoms with Crippen LogP contribution in [0.4, 0.5) is 0 Å². The second-order valence-electron chi connectivity index (χ2n) is 5.63. The number of nitrogens with one attached hydrogen (secondary N) is 1. The van der Waals surface area contributed by atoms with Crippen molar-refractivity contribution in [2.24, 2.45) is 0 Å². The summed E-state index contributed by atoms with van der Waals surface area (Å²) in [5, 5.41) is 3.59. The second-order valence-corrected chi connectivity index (χ2v) is 5.63. The first-order chi connectivity index (χ1) is 8.69. The van der Waals surface area contributed by atoms with Gasteiger partial charge in [0.05, 0.1) is 0 Å². The lowest BCUT2D eigenvalue weighted by molar-refractivity contribution is 0.723. The Balaban J connectivity index is 1.99. The Bertz CT molecular complexity index is 396. The zero-order chi connectivity index (χ0) is 13.0. The largest absolute Gasteiger partial charge is 0.310 e. The van der Waals surface area contributed by atoms with Gasteiger partial charge < -0.3 is 5.32 Å². The van der Waals surface area contributed by atoms with Gasteiger partial charge in [-0.1, -0.05) is 56.7 Å². The average molecular weight is 243 g/mol. The highest BCUT2D eigenvalue weighted by Gasteiger charge is 2.19. The molecule has 0 unspecified atom stereocenters. The van der Waals surface area contributed by atoms with Crippen LogP contribution in [-0.4, -0.2) is 12.6 Å². The molecule has 0 radical (unpaired) electrons. The van der Waals surface area contributed by atoms with Gasteiger partial charge in [0.15, 0.2) is 0 Å². The molecule has 18 heavy (non-hydrogen) atoms. The molecule has 1 nitrogen and oxygen atoms in total. The van der Waals surface area contributed by atoms with E-state index < -0.39 is 0 Å². The third-order valence-electron chi connectivity index (χ3n) is 3.62. The van der Waals surface area contributed by atoms with E-state index in [0.717, 1.165) is 19.0 Å². The van der Waals surface area contributed by atoms with E-state index in [-0.39, 0.29) is 0 Å². The van der Waals surface area contributed by atoms with Crippen molar-refractivity contribution in [3.05, 3.63) is 41.0 Å². The van der Waals surface area contributed by atoms with Gasteiger partial charge in [0.25, 0.3) is 0 Å². The molecule has 0 heterocycles. The van der Waals surface area contributed by atoms with Crippen molar-refractivity contribution in [3.63, 3.8) is 0 Å². The number of hydrogen-bond donors (Lipinski definition) is 1. The minimum atomic E-state index is 0.616. The van der Waals surface area contributed by atoms with Crippen LogP contribution < -0.4 is 5.32 Å². The average Bonchev–Trinajstić information content (AvgIpc) is 3.19. The van der Waals surface area contributed by atoms with E-state index in [0.29, 0.717) is 5.92 Å². The highest BCUT2D eigenvalue weighted by Crippen LogP contribution is 2.20. The van der Waals surface area contributed by atoms with Crippen LogP contribution in [0.25, 0.3) is 6.08 Å². The van der Waals surface area contributed by atoms with Gasteiger partial charge in [0, 0.05) is 12.6 Å². The predicted octanol–water partition coefficient (Wildman–Crippen LogP) is 4.36. The second kappa shape index (κ2) is 6.19. The molecule has 0 saturated heterocycles. The first kappa shape index (κ1) is 13.4. The van der Waals surface area contributed by atoms with Crippen molar-refractivity contribution in [2.75, 3.05) is 6.54 Å². The summed E-state index contributed by atoms with van der Waals surface area (Å²) in [5.74, 6) is 0.616. The monoisotopic (exact) mass is 243 g/mol. The molecule has 0 amide bonds. The summed E-state index contributed by atoms with van der Waals surface area (Å²) in [5.41, 5.74) is 4.24. The van der Waals surface area contributed by atoms with Gasteiger partial charge >= 0.3 is 0 Å². The van der Waals surface area contributed by atoms with Gasteiger partial charge in [-0.2, -0.15) is 0 Å². The fourth-order valence-electron chi connectivity index (χ4n) is 2.05. The summed E-state index contributed by atoms with van der Waals surface area (Å²) in [6, 6.07) is 9.77. The third-order valence-corrected chi connectivity index (χ3v) is 3.62. The Morgan fingerprint density at radius 3 is 2.44 bits per heavy atom. The Morgan fingerprint density at radius 2 is 1.94 bits per heavy atom. The Kier molecular flexibility index (Phi) is 4.60. The fourth-order valence-corrected chi connectivity index (χ4v) is 2.05. The highest BCUT2D eigenvalue weighted by atomic mass is 14.9. The number of rotatable bonds is 6. The number of benzene rings is 1. The van der Waals surface area contributed by atoms with Crippen LogP contribution in [0, 0.1) is 0 Å². The molecule has 1 aromatic rings. The van der Waals surface area contributed by atoms with E-state index in [9.17, 15) is 0 Å². The SMILES string of the molecule is CCC(=Cc1ccc(C(C)C)cc1)CNC1CC1. The van der Waals surface area contributed by atoms with Gasteiger partial charge in [-0.05, 0) is 36.3 Å². The van der Waals surface area contributed by atoms with Gasteiger partial charge in [-0.25, -0.2) is 0 Å². The van der Waals surface area contributed by atoms with E-state index in [1.165, 1.54) is 29.5 Å². The lowest BCUT2D eigenvalue weighted by Gasteiger charge is -2.08. The zero-order valence-electron chi connectivity index (χ0n) is 11.9. The topological polar surface area (TPSA) is 12.0 Å². The normalized spacial score (nSPS) is 16.3. The van der Waals surface area contributed by atoms with Crippen molar-refractivity contribution in [1.82, 2.24) is 5.32 Å². The van der Waals surface area contributed by atoms with Crippen molar-refractivity contribution < 1.29 is 0 Å². The molecule has 1 aromatic carbocycles. The van der Waals surface area contributed by atoms with Crippen LogP contribution >= 0.6 is 0 Å². The van der Waals surface area contributed by atoms with Crippen LogP contribution in [0.3, 0.4) is 0 Å². The smallest absolute Gasteiger partial charge is 0.0170 e. The van der Waals surface area contributed by atoms with Crippen LogP contribution in [0.15, 0.2) is 29.8 Å². The minimum absolute atomic E-state index is 0.616. The molecular formula is C17H25N. The van der Waals surface area contributed by atoms with Gasteiger partial charge in [-0.15, -0.1) is 0 Å². The molecule has 98 valence electrons. The Morgan fingerprint density at radius 1 is 1.28 bits per heavy atom. The molecule has 0 atom stereocenters. The summed E-state index contributed by atoms with van der Waals surface area (Å²) in [6.45, 7) is 7.76. The molecule has 2 rings (SSSR count). The summed E-state index contributed by atoms with van der Waals surface area (Å²) >= 11 is 0. The van der Waals surface area contributed by atoms with Gasteiger partial charge in [0.1, 0.15) is 0 Å². The molecule has 1 heteroatoms. The molecule has 1 aliphatic rings. The fraction of sp³-hybridized carbons (Fsp3) is 0.529. The van der Waals surface area contributed by atoms with Crippen LogP contribution in [-0.2, 0) is 0 Å². The number of hydrogen-bond acceptors (Lipinski definition) is 1. The Labute approximate surface area is 111 Å². The molecule has 0 aliphatic heterocycles. The van der Waals surface area contributed by atoms with E-state index in [1.54, 1.807) is 0 Å². The van der Waals surface area contributed by atoms with E-state index in [1.807, 2.05) is 0 Å². The maximum Gasteiger partial charge on any atom is 0.0170 e. The maximum atomic E-state index is 3.59. The van der Waals surface area contributed by atoms with Crippen LogP contribution in [0.2, 0.25) is 0 Å². The van der Waals surface area contributed by atoms with Gasteiger partial charge in [0.2, 0.25) is 0 Å². The van der Waals surface area contributed by atoms with Gasteiger partial charge in [-0.3, -0.25) is 0 Å². The summed E-state index contributed by atoms with van der Waals surface area (Å²) in [7, 11) is 0. The lowest BCUT2D eigenvalue weighted by Crippen LogP contribution is -2.18. The first-order valence-electron chi connectivity index (χ1n) is 7.22. The van der Waals surface area contributed by atoms with Crippen molar-refractivity contribution >= 4 is 6.08 Å². The van der Waals surface area contributed by atoms with Crippen LogP contribution in [0.5, 0.6) is 0 Å². The maximum absolute atomic E-state index is 3.59. The zero-order valence-corrected chi connectivity index (χ0v) is 11.9. The quantitative estimate of drug-likeness (QED) is 0.783. The molecule has 0 aromatic heterocycles.